The molecule has 0 aromatic carbocycles. The van der Waals surface area contributed by atoms with Crippen LogP contribution in [0.25, 0.3) is 0 Å². The number of hydrogen-bond donors (Lipinski definition) is 2. The second-order valence-corrected chi connectivity index (χ2v) is 3.61. The fourth-order valence-electron chi connectivity index (χ4n) is 1.84. The van der Waals surface area contributed by atoms with Crippen LogP contribution in [0.15, 0.2) is 0 Å². The highest BCUT2D eigenvalue weighted by atomic mass is 19.4. The van der Waals surface area contributed by atoms with Gasteiger partial charge in [-0.1, -0.05) is 0 Å². The highest BCUT2D eigenvalue weighted by Gasteiger charge is 2.50. The molecule has 2 N–H and O–H groups in total. The Hall–Kier alpha value is -0.755. The van der Waals surface area contributed by atoms with Gasteiger partial charge in [-0.3, -0.25) is 4.79 Å². The molecular formula is C7H11BF3NO3. The molecule has 1 rings (SSSR count). The van der Waals surface area contributed by atoms with Crippen LogP contribution in [0.5, 0.6) is 0 Å². The average molecular weight is 225 g/mol. The topological polar surface area (TPSA) is 60.8 Å². The van der Waals surface area contributed by atoms with Crippen molar-refractivity contribution >= 4 is 13.8 Å². The molecule has 8 heteroatoms. The van der Waals surface area contributed by atoms with Gasteiger partial charge >= 0.3 is 12.1 Å². The van der Waals surface area contributed by atoms with E-state index in [0.29, 0.717) is 4.90 Å². The molecule has 86 valence electrons. The second kappa shape index (κ2) is 4.01. The number of amides is 1. The molecule has 0 aliphatic carbocycles. The molecule has 1 heterocycles. The summed E-state index contributed by atoms with van der Waals surface area (Å²) in [5, 5.41) is 18.1. The highest BCUT2D eigenvalue weighted by molar-refractivity contribution is 6.13. The fraction of sp³-hybridized carbons (Fsp3) is 0.857. The summed E-state index contributed by atoms with van der Waals surface area (Å²) in [6.07, 6.45) is -6.02. The first-order chi connectivity index (χ1) is 6.79. The van der Waals surface area contributed by atoms with Gasteiger partial charge in [-0.05, 0) is 6.42 Å². The van der Waals surface area contributed by atoms with Crippen molar-refractivity contribution in [2.75, 3.05) is 6.61 Å². The van der Waals surface area contributed by atoms with Gasteiger partial charge in [0.1, 0.15) is 7.85 Å². The van der Waals surface area contributed by atoms with E-state index in [4.69, 9.17) is 5.11 Å². The molecule has 4 nitrogen and oxygen atoms in total. The van der Waals surface area contributed by atoms with E-state index >= 15 is 0 Å². The largest absolute Gasteiger partial charge is 0.471 e. The van der Waals surface area contributed by atoms with E-state index in [-0.39, 0.29) is 6.42 Å². The Balaban J connectivity index is 2.88. The number of aliphatic hydroxyl groups is 2. The molecule has 0 unspecified atom stereocenters. The van der Waals surface area contributed by atoms with Gasteiger partial charge in [0.2, 0.25) is 0 Å². The SMILES string of the molecule is B[C@H]1C[C@H](O)[C@@H](CO)N1C(=O)C(F)(F)F. The van der Waals surface area contributed by atoms with Crippen molar-refractivity contribution in [2.45, 2.75) is 30.7 Å². The van der Waals surface area contributed by atoms with E-state index in [0.717, 1.165) is 0 Å². The number of carbonyl (C=O) groups is 1. The van der Waals surface area contributed by atoms with Crippen LogP contribution in [0.1, 0.15) is 6.42 Å². The van der Waals surface area contributed by atoms with Crippen LogP contribution in [0.4, 0.5) is 13.2 Å². The number of hydrogen-bond acceptors (Lipinski definition) is 3. The second-order valence-electron chi connectivity index (χ2n) is 3.61. The molecule has 0 bridgehead atoms. The van der Waals surface area contributed by atoms with Crippen LogP contribution in [0.3, 0.4) is 0 Å². The number of halogens is 3. The number of rotatable bonds is 1. The third-order valence-electron chi connectivity index (χ3n) is 2.52. The van der Waals surface area contributed by atoms with Crippen LogP contribution in [-0.2, 0) is 4.79 Å². The molecule has 1 saturated heterocycles. The van der Waals surface area contributed by atoms with Crippen molar-refractivity contribution in [1.29, 1.82) is 0 Å². The predicted octanol–water partition coefficient (Wildman–Crippen LogP) is -1.54. The highest BCUT2D eigenvalue weighted by Crippen LogP contribution is 2.28. The standard InChI is InChI=1S/C7H11BF3NO3/c8-5-1-4(14)3(2-13)12(5)6(15)7(9,10)11/h3-5,13-14H,1-2,8H2/t3-,4+,5-/m1/s1. The normalized spacial score (nSPS) is 32.1. The van der Waals surface area contributed by atoms with Crippen molar-refractivity contribution < 1.29 is 28.2 Å². The minimum absolute atomic E-state index is 0.0487. The lowest BCUT2D eigenvalue weighted by Crippen LogP contribution is -2.50. The van der Waals surface area contributed by atoms with Crippen molar-refractivity contribution in [3.05, 3.63) is 0 Å². The van der Waals surface area contributed by atoms with Gasteiger partial charge < -0.3 is 15.1 Å². The Morgan fingerprint density at radius 1 is 1.53 bits per heavy atom. The van der Waals surface area contributed by atoms with Crippen molar-refractivity contribution in [3.63, 3.8) is 0 Å². The third kappa shape index (κ3) is 2.26. The molecule has 1 fully saturated rings. The maximum atomic E-state index is 12.2. The van der Waals surface area contributed by atoms with E-state index < -0.39 is 36.8 Å². The van der Waals surface area contributed by atoms with Crippen LogP contribution < -0.4 is 0 Å². The summed E-state index contributed by atoms with van der Waals surface area (Å²) in [7, 11) is 1.41. The summed E-state index contributed by atoms with van der Waals surface area (Å²) < 4.78 is 36.5. The van der Waals surface area contributed by atoms with Crippen LogP contribution in [0.2, 0.25) is 0 Å². The molecule has 0 aromatic rings. The molecule has 0 saturated carbocycles. The Kier molecular flexibility index (Phi) is 3.29. The van der Waals surface area contributed by atoms with E-state index in [2.05, 4.69) is 0 Å². The average Bonchev–Trinajstić information content (AvgIpc) is 2.37. The quantitative estimate of drug-likeness (QED) is 0.532. The van der Waals surface area contributed by atoms with Gasteiger partial charge in [-0.15, -0.1) is 0 Å². The number of likely N-dealkylation sites (tertiary alicyclic amines) is 1. The lowest BCUT2D eigenvalue weighted by molar-refractivity contribution is -0.188. The molecule has 1 aliphatic rings. The first kappa shape index (κ1) is 12.3. The number of alkyl halides is 3. The lowest BCUT2D eigenvalue weighted by Gasteiger charge is -2.28. The molecular weight excluding hydrogens is 214 g/mol. The molecule has 1 aliphatic heterocycles. The number of aliphatic hydroxyl groups excluding tert-OH is 2. The van der Waals surface area contributed by atoms with Gasteiger partial charge in [0, 0.05) is 5.94 Å². The van der Waals surface area contributed by atoms with Crippen LogP contribution in [-0.4, -0.2) is 59.7 Å². The van der Waals surface area contributed by atoms with Crippen LogP contribution in [0, 0.1) is 0 Å². The Morgan fingerprint density at radius 3 is 2.47 bits per heavy atom. The van der Waals surface area contributed by atoms with Gasteiger partial charge in [-0.2, -0.15) is 13.2 Å². The van der Waals surface area contributed by atoms with Crippen molar-refractivity contribution in [1.82, 2.24) is 4.90 Å². The Labute approximate surface area is 85.1 Å². The summed E-state index contributed by atoms with van der Waals surface area (Å²) in [5.41, 5.74) is 0. The molecule has 0 spiro atoms. The van der Waals surface area contributed by atoms with Crippen molar-refractivity contribution in [2.24, 2.45) is 0 Å². The zero-order chi connectivity index (χ0) is 11.8. The lowest BCUT2D eigenvalue weighted by atomic mass is 9.93. The summed E-state index contributed by atoms with van der Waals surface area (Å²) in [5.74, 6) is -2.73. The minimum Gasteiger partial charge on any atom is -0.394 e. The predicted molar refractivity (Wildman–Crippen MR) is 46.7 cm³/mol. The van der Waals surface area contributed by atoms with Gasteiger partial charge in [-0.25, -0.2) is 0 Å². The third-order valence-corrected chi connectivity index (χ3v) is 2.52. The first-order valence-corrected chi connectivity index (χ1v) is 4.47. The maximum Gasteiger partial charge on any atom is 0.471 e. The maximum absolute atomic E-state index is 12.2. The molecule has 15 heavy (non-hydrogen) atoms. The van der Waals surface area contributed by atoms with Gasteiger partial charge in [0.05, 0.1) is 18.8 Å². The zero-order valence-corrected chi connectivity index (χ0v) is 8.03. The van der Waals surface area contributed by atoms with E-state index in [1.54, 1.807) is 0 Å². The van der Waals surface area contributed by atoms with Crippen molar-refractivity contribution in [3.8, 4) is 0 Å². The molecule has 0 aromatic heterocycles. The van der Waals surface area contributed by atoms with E-state index in [1.165, 1.54) is 7.85 Å². The summed E-state index contributed by atoms with van der Waals surface area (Å²) in [4.78, 5) is 11.5. The zero-order valence-electron chi connectivity index (χ0n) is 8.03. The number of nitrogens with zero attached hydrogens (tertiary/aromatic N) is 1. The van der Waals surface area contributed by atoms with E-state index in [1.807, 2.05) is 0 Å². The Bertz CT molecular complexity index is 260. The van der Waals surface area contributed by atoms with Gasteiger partial charge in [0.15, 0.2) is 0 Å². The number of carbonyl (C=O) groups excluding carboxylic acids is 1. The van der Waals surface area contributed by atoms with E-state index in [9.17, 15) is 23.1 Å². The monoisotopic (exact) mass is 225 g/mol. The minimum atomic E-state index is -4.97. The van der Waals surface area contributed by atoms with Gasteiger partial charge in [0.25, 0.3) is 0 Å². The summed E-state index contributed by atoms with van der Waals surface area (Å²) >= 11 is 0. The first-order valence-electron chi connectivity index (χ1n) is 4.47. The van der Waals surface area contributed by atoms with Crippen LogP contribution >= 0.6 is 0 Å². The smallest absolute Gasteiger partial charge is 0.394 e. The molecule has 3 atom stereocenters. The fourth-order valence-corrected chi connectivity index (χ4v) is 1.84. The Morgan fingerprint density at radius 2 is 2.07 bits per heavy atom. The summed E-state index contributed by atoms with van der Waals surface area (Å²) in [6, 6.07) is -1.16. The molecule has 0 radical (unpaired) electrons. The summed E-state index contributed by atoms with van der Waals surface area (Å²) in [6.45, 7) is -0.673. The molecule has 1 amide bonds.